The fraction of sp³-hybridized carbons (Fsp3) is 0.231. The van der Waals surface area contributed by atoms with Crippen LogP contribution in [0.3, 0.4) is 0 Å². The molecule has 0 amide bonds. The Morgan fingerprint density at radius 1 is 1.17 bits per heavy atom. The smallest absolute Gasteiger partial charge is 0.227 e. The first-order valence-corrected chi connectivity index (χ1v) is 5.90. The van der Waals surface area contributed by atoms with E-state index in [9.17, 15) is 0 Å². The molecule has 0 spiro atoms. The molecule has 0 unspecified atom stereocenters. The zero-order valence-electron chi connectivity index (χ0n) is 10.5. The summed E-state index contributed by atoms with van der Waals surface area (Å²) in [6, 6.07) is 5.46. The van der Waals surface area contributed by atoms with E-state index in [0.717, 1.165) is 11.1 Å². The summed E-state index contributed by atoms with van der Waals surface area (Å²) in [5.41, 5.74) is 7.49. The Kier molecular flexibility index (Phi) is 3.39. The molecule has 2 N–H and O–H groups in total. The predicted molar refractivity (Wildman–Crippen MR) is 72.2 cm³/mol. The summed E-state index contributed by atoms with van der Waals surface area (Å²) in [5, 5.41) is 0.618. The number of anilines is 1. The standard InChI is InChI=1S/C13H14ClN3O/c1-7-4-5-10(14)6-11(7)18-13-8(2)12(15)16-9(3)17-13/h4-6H,1-3H3,(H2,15,16,17). The molecule has 0 fully saturated rings. The Balaban J connectivity index is 2.43. The molecule has 18 heavy (non-hydrogen) atoms. The maximum Gasteiger partial charge on any atom is 0.227 e. The maximum absolute atomic E-state index is 5.95. The molecule has 0 saturated carbocycles. The van der Waals surface area contributed by atoms with E-state index >= 15 is 0 Å². The second-order valence-electron chi connectivity index (χ2n) is 4.10. The number of aryl methyl sites for hydroxylation is 2. The molecule has 1 aromatic carbocycles. The quantitative estimate of drug-likeness (QED) is 0.902. The molecular weight excluding hydrogens is 250 g/mol. The highest BCUT2D eigenvalue weighted by atomic mass is 35.5. The van der Waals surface area contributed by atoms with E-state index in [1.807, 2.05) is 26.0 Å². The van der Waals surface area contributed by atoms with Gasteiger partial charge in [0.05, 0.1) is 5.56 Å². The molecule has 2 aromatic rings. The van der Waals surface area contributed by atoms with Crippen molar-refractivity contribution in [2.24, 2.45) is 0 Å². The van der Waals surface area contributed by atoms with Gasteiger partial charge in [0, 0.05) is 5.02 Å². The number of aromatic nitrogens is 2. The van der Waals surface area contributed by atoms with E-state index in [4.69, 9.17) is 22.1 Å². The van der Waals surface area contributed by atoms with Crippen LogP contribution in [-0.4, -0.2) is 9.97 Å². The molecule has 0 radical (unpaired) electrons. The van der Waals surface area contributed by atoms with Gasteiger partial charge in [0.25, 0.3) is 0 Å². The number of rotatable bonds is 2. The molecule has 4 nitrogen and oxygen atoms in total. The van der Waals surface area contributed by atoms with E-state index < -0.39 is 0 Å². The van der Waals surface area contributed by atoms with Crippen LogP contribution in [0.15, 0.2) is 18.2 Å². The monoisotopic (exact) mass is 263 g/mol. The molecule has 2 rings (SSSR count). The number of ether oxygens (including phenoxy) is 1. The molecule has 0 saturated heterocycles. The first kappa shape index (κ1) is 12.6. The lowest BCUT2D eigenvalue weighted by molar-refractivity contribution is 0.453. The van der Waals surface area contributed by atoms with Crippen molar-refractivity contribution < 1.29 is 4.74 Å². The fourth-order valence-electron chi connectivity index (χ4n) is 1.51. The summed E-state index contributed by atoms with van der Waals surface area (Å²) < 4.78 is 5.77. The normalized spacial score (nSPS) is 10.4. The third-order valence-corrected chi connectivity index (χ3v) is 2.84. The predicted octanol–water partition coefficient (Wildman–Crippen LogP) is 3.43. The number of benzene rings is 1. The van der Waals surface area contributed by atoms with Crippen molar-refractivity contribution in [2.75, 3.05) is 5.73 Å². The number of nitrogens with two attached hydrogens (primary N) is 1. The van der Waals surface area contributed by atoms with E-state index in [1.165, 1.54) is 0 Å². The van der Waals surface area contributed by atoms with Crippen molar-refractivity contribution >= 4 is 17.4 Å². The van der Waals surface area contributed by atoms with Crippen molar-refractivity contribution in [3.8, 4) is 11.6 Å². The third-order valence-electron chi connectivity index (χ3n) is 2.61. The second-order valence-corrected chi connectivity index (χ2v) is 4.53. The molecule has 0 aliphatic rings. The first-order valence-electron chi connectivity index (χ1n) is 5.52. The molecule has 0 atom stereocenters. The number of nitrogens with zero attached hydrogens (tertiary/aromatic N) is 2. The van der Waals surface area contributed by atoms with Crippen LogP contribution in [0.5, 0.6) is 11.6 Å². The highest BCUT2D eigenvalue weighted by Gasteiger charge is 2.10. The van der Waals surface area contributed by atoms with Gasteiger partial charge in [-0.25, -0.2) is 4.98 Å². The van der Waals surface area contributed by atoms with Gasteiger partial charge in [-0.2, -0.15) is 4.98 Å². The van der Waals surface area contributed by atoms with Crippen LogP contribution in [0.4, 0.5) is 5.82 Å². The molecular formula is C13H14ClN3O. The van der Waals surface area contributed by atoms with Gasteiger partial charge < -0.3 is 10.5 Å². The van der Waals surface area contributed by atoms with Gasteiger partial charge in [0.15, 0.2) is 0 Å². The van der Waals surface area contributed by atoms with E-state index in [0.29, 0.717) is 28.3 Å². The van der Waals surface area contributed by atoms with Crippen molar-refractivity contribution in [3.63, 3.8) is 0 Å². The first-order chi connectivity index (χ1) is 8.47. The van der Waals surface area contributed by atoms with Crippen LogP contribution in [0.25, 0.3) is 0 Å². The minimum atomic E-state index is 0.428. The third kappa shape index (κ3) is 2.54. The van der Waals surface area contributed by atoms with Crippen LogP contribution in [0.1, 0.15) is 17.0 Å². The SMILES string of the molecule is Cc1nc(N)c(C)c(Oc2cc(Cl)ccc2C)n1. The van der Waals surface area contributed by atoms with E-state index in [2.05, 4.69) is 9.97 Å². The van der Waals surface area contributed by atoms with Crippen molar-refractivity contribution in [1.29, 1.82) is 0 Å². The van der Waals surface area contributed by atoms with Gasteiger partial charge >= 0.3 is 0 Å². The second kappa shape index (κ2) is 4.82. The molecule has 0 aliphatic heterocycles. The fourth-order valence-corrected chi connectivity index (χ4v) is 1.67. The minimum Gasteiger partial charge on any atom is -0.438 e. The summed E-state index contributed by atoms with van der Waals surface area (Å²) in [6.45, 7) is 5.54. The Morgan fingerprint density at radius 3 is 2.61 bits per heavy atom. The lowest BCUT2D eigenvalue weighted by Crippen LogP contribution is -2.02. The van der Waals surface area contributed by atoms with Gasteiger partial charge in [0.2, 0.25) is 5.88 Å². The molecule has 0 aliphatic carbocycles. The summed E-state index contributed by atoms with van der Waals surface area (Å²) in [4.78, 5) is 8.32. The number of hydrogen-bond donors (Lipinski definition) is 1. The highest BCUT2D eigenvalue weighted by Crippen LogP contribution is 2.29. The van der Waals surface area contributed by atoms with Crippen molar-refractivity contribution in [3.05, 3.63) is 40.2 Å². The average molecular weight is 264 g/mol. The van der Waals surface area contributed by atoms with Gasteiger partial charge in [-0.15, -0.1) is 0 Å². The van der Waals surface area contributed by atoms with Crippen LogP contribution in [-0.2, 0) is 0 Å². The van der Waals surface area contributed by atoms with Crippen LogP contribution in [0.2, 0.25) is 5.02 Å². The molecule has 0 bridgehead atoms. The summed E-state index contributed by atoms with van der Waals surface area (Å²) in [7, 11) is 0. The van der Waals surface area contributed by atoms with Crippen LogP contribution in [0, 0.1) is 20.8 Å². The van der Waals surface area contributed by atoms with Gasteiger partial charge in [-0.1, -0.05) is 17.7 Å². The molecule has 94 valence electrons. The van der Waals surface area contributed by atoms with Crippen LogP contribution >= 0.6 is 11.6 Å². The average Bonchev–Trinajstić information content (AvgIpc) is 2.30. The highest BCUT2D eigenvalue weighted by molar-refractivity contribution is 6.30. The Hall–Kier alpha value is -1.81. The Morgan fingerprint density at radius 2 is 1.89 bits per heavy atom. The van der Waals surface area contributed by atoms with E-state index in [-0.39, 0.29) is 0 Å². The summed E-state index contributed by atoms with van der Waals surface area (Å²) in [5.74, 6) is 2.14. The zero-order valence-corrected chi connectivity index (χ0v) is 11.2. The van der Waals surface area contributed by atoms with E-state index in [1.54, 1.807) is 13.0 Å². The summed E-state index contributed by atoms with van der Waals surface area (Å²) >= 11 is 5.95. The molecule has 5 heteroatoms. The number of halogens is 1. The Labute approximate surface area is 111 Å². The summed E-state index contributed by atoms with van der Waals surface area (Å²) in [6.07, 6.45) is 0. The molecule has 1 heterocycles. The maximum atomic E-state index is 5.95. The molecule has 1 aromatic heterocycles. The number of hydrogen-bond acceptors (Lipinski definition) is 4. The zero-order chi connectivity index (χ0) is 13.3. The Bertz CT molecular complexity index is 599. The van der Waals surface area contributed by atoms with Gasteiger partial charge in [0.1, 0.15) is 17.4 Å². The van der Waals surface area contributed by atoms with Crippen molar-refractivity contribution in [1.82, 2.24) is 9.97 Å². The van der Waals surface area contributed by atoms with Gasteiger partial charge in [-0.3, -0.25) is 0 Å². The minimum absolute atomic E-state index is 0.428. The topological polar surface area (TPSA) is 61.0 Å². The van der Waals surface area contributed by atoms with Crippen LogP contribution < -0.4 is 10.5 Å². The lowest BCUT2D eigenvalue weighted by Gasteiger charge is -2.11. The lowest BCUT2D eigenvalue weighted by atomic mass is 10.2. The number of nitrogen functional groups attached to an aromatic ring is 1. The van der Waals surface area contributed by atoms with Crippen molar-refractivity contribution in [2.45, 2.75) is 20.8 Å². The largest absolute Gasteiger partial charge is 0.438 e. The van der Waals surface area contributed by atoms with Gasteiger partial charge in [-0.05, 0) is 38.5 Å².